The molecular weight excluding hydrogens is 397 g/mol. The second-order valence-corrected chi connectivity index (χ2v) is 6.84. The molecular formula is C20H17F3N6O. The van der Waals surface area contributed by atoms with Gasteiger partial charge < -0.3 is 10.0 Å². The van der Waals surface area contributed by atoms with Gasteiger partial charge in [-0.25, -0.2) is 9.50 Å². The molecule has 154 valence electrons. The van der Waals surface area contributed by atoms with Crippen LogP contribution in [0.3, 0.4) is 0 Å². The molecule has 0 amide bonds. The second kappa shape index (κ2) is 6.90. The first kappa shape index (κ1) is 19.5. The predicted molar refractivity (Wildman–Crippen MR) is 106 cm³/mol. The van der Waals surface area contributed by atoms with Crippen molar-refractivity contribution >= 4 is 17.0 Å². The molecule has 3 aromatic heterocycles. The van der Waals surface area contributed by atoms with Gasteiger partial charge in [-0.05, 0) is 29.8 Å². The molecule has 0 saturated heterocycles. The Kier molecular flexibility index (Phi) is 4.49. The summed E-state index contributed by atoms with van der Waals surface area (Å²) in [5.74, 6) is 0.582. The van der Waals surface area contributed by atoms with Gasteiger partial charge in [0.1, 0.15) is 17.3 Å². The molecule has 0 aliphatic heterocycles. The average Bonchev–Trinajstić information content (AvgIpc) is 3.27. The van der Waals surface area contributed by atoms with E-state index in [1.165, 1.54) is 18.3 Å². The maximum Gasteiger partial charge on any atom is 0.433 e. The highest BCUT2D eigenvalue weighted by molar-refractivity contribution is 5.87. The van der Waals surface area contributed by atoms with E-state index in [9.17, 15) is 18.3 Å². The highest BCUT2D eigenvalue weighted by atomic mass is 19.4. The number of H-pyrrole nitrogens is 1. The lowest BCUT2D eigenvalue weighted by atomic mass is 10.0. The van der Waals surface area contributed by atoms with E-state index in [-0.39, 0.29) is 33.9 Å². The van der Waals surface area contributed by atoms with Crippen LogP contribution in [0.25, 0.3) is 22.6 Å². The average molecular weight is 414 g/mol. The highest BCUT2D eigenvalue weighted by Gasteiger charge is 2.39. The maximum atomic E-state index is 13.8. The first-order chi connectivity index (χ1) is 14.2. The number of nitrogens with one attached hydrogen (secondary N) is 1. The second-order valence-electron chi connectivity index (χ2n) is 6.84. The van der Waals surface area contributed by atoms with Gasteiger partial charge in [0.15, 0.2) is 11.5 Å². The van der Waals surface area contributed by atoms with Crippen molar-refractivity contribution in [2.75, 3.05) is 19.0 Å². The van der Waals surface area contributed by atoms with Gasteiger partial charge >= 0.3 is 6.18 Å². The standard InChI is InChI=1S/C20H17F3N6O/c1-11(12-8-9-15(24-10-12)28(2)3)16-17(20(21,22)23)27-29-18(25-26-19(16)29)13-6-4-5-7-14(13)30/h4-10,27,30H,1H2,2-3H3. The van der Waals surface area contributed by atoms with Crippen LogP contribution in [0.4, 0.5) is 19.0 Å². The number of pyridine rings is 1. The number of aromatic amines is 1. The summed E-state index contributed by atoms with van der Waals surface area (Å²) in [4.78, 5) is 6.02. The van der Waals surface area contributed by atoms with Crippen molar-refractivity contribution in [2.45, 2.75) is 6.18 Å². The van der Waals surface area contributed by atoms with Gasteiger partial charge in [0.25, 0.3) is 0 Å². The summed E-state index contributed by atoms with van der Waals surface area (Å²) in [5.41, 5.74) is -0.527. The summed E-state index contributed by atoms with van der Waals surface area (Å²) in [5, 5.41) is 20.3. The van der Waals surface area contributed by atoms with Crippen molar-refractivity contribution in [1.29, 1.82) is 0 Å². The van der Waals surface area contributed by atoms with Gasteiger partial charge in [-0.2, -0.15) is 13.2 Å². The third-order valence-electron chi connectivity index (χ3n) is 4.64. The van der Waals surface area contributed by atoms with E-state index in [2.05, 4.69) is 26.9 Å². The number of aromatic nitrogens is 5. The molecule has 7 nitrogen and oxygen atoms in total. The van der Waals surface area contributed by atoms with Crippen LogP contribution in [0.1, 0.15) is 16.8 Å². The minimum atomic E-state index is -4.69. The molecule has 0 saturated carbocycles. The molecule has 0 bridgehead atoms. The number of benzene rings is 1. The summed E-state index contributed by atoms with van der Waals surface area (Å²) in [6.07, 6.45) is -3.23. The van der Waals surface area contributed by atoms with Crippen LogP contribution in [0.5, 0.6) is 5.75 Å². The fourth-order valence-corrected chi connectivity index (χ4v) is 3.13. The number of anilines is 1. The van der Waals surface area contributed by atoms with E-state index in [4.69, 9.17) is 0 Å². The summed E-state index contributed by atoms with van der Waals surface area (Å²) in [7, 11) is 3.62. The quantitative estimate of drug-likeness (QED) is 0.528. The van der Waals surface area contributed by atoms with E-state index in [1.807, 2.05) is 14.1 Å². The molecule has 0 radical (unpaired) electrons. The Bertz CT molecular complexity index is 1240. The zero-order valence-corrected chi connectivity index (χ0v) is 16.1. The summed E-state index contributed by atoms with van der Waals surface area (Å²) in [6.45, 7) is 3.86. The number of para-hydroxylation sites is 1. The van der Waals surface area contributed by atoms with Crippen molar-refractivity contribution in [3.8, 4) is 17.1 Å². The zero-order chi connectivity index (χ0) is 21.6. The number of phenolic OH excluding ortho intramolecular Hbond substituents is 1. The van der Waals surface area contributed by atoms with E-state index < -0.39 is 11.9 Å². The monoisotopic (exact) mass is 414 g/mol. The number of phenols is 1. The molecule has 3 heterocycles. The number of hydrogen-bond donors (Lipinski definition) is 2. The van der Waals surface area contributed by atoms with Crippen molar-refractivity contribution in [3.05, 3.63) is 66.0 Å². The van der Waals surface area contributed by atoms with Gasteiger partial charge in [0.05, 0.1) is 11.1 Å². The molecule has 4 aromatic rings. The number of hydrogen-bond acceptors (Lipinski definition) is 5. The molecule has 0 aliphatic rings. The minimum Gasteiger partial charge on any atom is -0.507 e. The third-order valence-corrected chi connectivity index (χ3v) is 4.64. The van der Waals surface area contributed by atoms with Gasteiger partial charge in [0.2, 0.25) is 0 Å². The lowest BCUT2D eigenvalue weighted by molar-refractivity contribution is -0.141. The molecule has 1 aromatic carbocycles. The molecule has 0 fully saturated rings. The lowest BCUT2D eigenvalue weighted by Gasteiger charge is -2.13. The molecule has 10 heteroatoms. The van der Waals surface area contributed by atoms with Crippen molar-refractivity contribution in [1.82, 2.24) is 24.8 Å². The zero-order valence-electron chi connectivity index (χ0n) is 16.1. The first-order valence-corrected chi connectivity index (χ1v) is 8.84. The predicted octanol–water partition coefficient (Wildman–Crippen LogP) is 3.97. The maximum absolute atomic E-state index is 13.8. The van der Waals surface area contributed by atoms with Crippen molar-refractivity contribution in [2.24, 2.45) is 0 Å². The Hall–Kier alpha value is -3.82. The van der Waals surface area contributed by atoms with Crippen LogP contribution in [-0.2, 0) is 6.18 Å². The van der Waals surface area contributed by atoms with Crippen LogP contribution in [-0.4, -0.2) is 44.0 Å². The Morgan fingerprint density at radius 1 is 1.13 bits per heavy atom. The summed E-state index contributed by atoms with van der Waals surface area (Å²) < 4.78 is 42.6. The van der Waals surface area contributed by atoms with Crippen molar-refractivity contribution in [3.63, 3.8) is 0 Å². The van der Waals surface area contributed by atoms with Gasteiger partial charge in [-0.15, -0.1) is 10.2 Å². The Balaban J connectivity index is 1.90. The van der Waals surface area contributed by atoms with Gasteiger partial charge in [0, 0.05) is 25.9 Å². The Morgan fingerprint density at radius 3 is 2.47 bits per heavy atom. The Morgan fingerprint density at radius 2 is 1.87 bits per heavy atom. The van der Waals surface area contributed by atoms with Gasteiger partial charge in [-0.1, -0.05) is 18.7 Å². The van der Waals surface area contributed by atoms with Gasteiger partial charge in [-0.3, -0.25) is 5.10 Å². The first-order valence-electron chi connectivity index (χ1n) is 8.84. The molecule has 2 N–H and O–H groups in total. The normalized spacial score (nSPS) is 11.8. The van der Waals surface area contributed by atoms with Crippen LogP contribution >= 0.6 is 0 Å². The number of nitrogens with zero attached hydrogens (tertiary/aromatic N) is 5. The van der Waals surface area contributed by atoms with Crippen LogP contribution in [0.2, 0.25) is 0 Å². The minimum absolute atomic E-state index is 0.0498. The van der Waals surface area contributed by atoms with Crippen molar-refractivity contribution < 1.29 is 18.3 Å². The summed E-state index contributed by atoms with van der Waals surface area (Å²) >= 11 is 0. The van der Waals surface area contributed by atoms with Crippen LogP contribution in [0, 0.1) is 0 Å². The fourth-order valence-electron chi connectivity index (χ4n) is 3.13. The number of aromatic hydroxyl groups is 1. The molecule has 0 spiro atoms. The van der Waals surface area contributed by atoms with E-state index in [0.717, 1.165) is 4.52 Å². The van der Waals surface area contributed by atoms with Crippen LogP contribution in [0.15, 0.2) is 49.2 Å². The van der Waals surface area contributed by atoms with Crippen LogP contribution < -0.4 is 4.90 Å². The molecule has 0 unspecified atom stereocenters. The number of halogens is 3. The molecule has 0 atom stereocenters. The molecule has 4 rings (SSSR count). The highest BCUT2D eigenvalue weighted by Crippen LogP contribution is 2.39. The third kappa shape index (κ3) is 3.15. The molecule has 30 heavy (non-hydrogen) atoms. The molecule has 0 aliphatic carbocycles. The number of rotatable bonds is 4. The smallest absolute Gasteiger partial charge is 0.433 e. The summed E-state index contributed by atoms with van der Waals surface area (Å²) in [6, 6.07) is 9.54. The van der Waals surface area contributed by atoms with E-state index >= 15 is 0 Å². The topological polar surface area (TPSA) is 82.3 Å². The lowest BCUT2D eigenvalue weighted by Crippen LogP contribution is -2.11. The number of alkyl halides is 3. The van der Waals surface area contributed by atoms with E-state index in [0.29, 0.717) is 11.4 Å². The SMILES string of the molecule is C=C(c1ccc(N(C)C)nc1)c1c(C(F)(F)F)[nH]n2c(-c3ccccc3O)nnc12. The number of fused-ring (bicyclic) bond motifs is 1. The largest absolute Gasteiger partial charge is 0.507 e. The van der Waals surface area contributed by atoms with E-state index in [1.54, 1.807) is 29.2 Å². The fraction of sp³-hybridized carbons (Fsp3) is 0.150. The Labute approximate surface area is 169 Å².